The zero-order valence-corrected chi connectivity index (χ0v) is 14.8. The van der Waals surface area contributed by atoms with Gasteiger partial charge in [0.2, 0.25) is 0 Å². The quantitative estimate of drug-likeness (QED) is 0.902. The third-order valence-electron chi connectivity index (χ3n) is 5.21. The lowest BCUT2D eigenvalue weighted by Gasteiger charge is -2.35. The predicted molar refractivity (Wildman–Crippen MR) is 89.9 cm³/mol. The number of nitrogens with one attached hydrogen (secondary N) is 1. The van der Waals surface area contributed by atoms with E-state index in [0.717, 1.165) is 37.1 Å². The van der Waals surface area contributed by atoms with Crippen LogP contribution in [-0.2, 0) is 24.8 Å². The van der Waals surface area contributed by atoms with Crippen molar-refractivity contribution in [3.8, 4) is 0 Å². The third-order valence-corrected chi connectivity index (χ3v) is 5.21. The molecule has 0 bridgehead atoms. The predicted octanol–water partition coefficient (Wildman–Crippen LogP) is 1.24. The molecule has 0 spiro atoms. The molecule has 1 N–H and O–H groups in total. The van der Waals surface area contributed by atoms with Crippen molar-refractivity contribution in [2.24, 2.45) is 13.0 Å². The summed E-state index contributed by atoms with van der Waals surface area (Å²) in [6.45, 7) is 4.91. The van der Waals surface area contributed by atoms with Gasteiger partial charge in [0.05, 0.1) is 24.1 Å². The fraction of sp³-hybridized carbons (Fsp3) is 0.647. The van der Waals surface area contributed by atoms with Crippen LogP contribution in [0.4, 0.5) is 0 Å². The van der Waals surface area contributed by atoms with E-state index in [4.69, 9.17) is 4.74 Å². The van der Waals surface area contributed by atoms with E-state index in [0.29, 0.717) is 11.6 Å². The number of fused-ring (bicyclic) bond motifs is 1. The Morgan fingerprint density at radius 1 is 1.40 bits per heavy atom. The van der Waals surface area contributed by atoms with Crippen LogP contribution in [-0.4, -0.2) is 42.8 Å². The number of ether oxygens (including phenoxy) is 1. The lowest BCUT2D eigenvalue weighted by atomic mass is 9.80. The first-order valence-corrected chi connectivity index (χ1v) is 8.87. The van der Waals surface area contributed by atoms with E-state index < -0.39 is 0 Å². The van der Waals surface area contributed by atoms with Crippen LogP contribution in [0, 0.1) is 5.92 Å². The van der Waals surface area contributed by atoms with Crippen LogP contribution in [0.3, 0.4) is 0 Å². The minimum atomic E-state index is -0.0673. The fourth-order valence-electron chi connectivity index (χ4n) is 4.07. The highest BCUT2D eigenvalue weighted by Gasteiger charge is 2.35. The van der Waals surface area contributed by atoms with Gasteiger partial charge in [-0.2, -0.15) is 5.10 Å². The zero-order valence-electron chi connectivity index (χ0n) is 14.8. The number of carbonyl (C=O) groups excluding carboxylic acids is 1. The lowest BCUT2D eigenvalue weighted by molar-refractivity contribution is -0.00903. The highest BCUT2D eigenvalue weighted by Crippen LogP contribution is 2.33. The largest absolute Gasteiger partial charge is 0.369 e. The van der Waals surface area contributed by atoms with Gasteiger partial charge in [-0.15, -0.1) is 5.10 Å². The smallest absolute Gasteiger partial charge is 0.272 e. The zero-order chi connectivity index (χ0) is 17.6. The Balaban J connectivity index is 1.39. The van der Waals surface area contributed by atoms with Crippen LogP contribution in [0.15, 0.2) is 12.4 Å². The number of amides is 1. The molecular formula is C17H24N6O2. The molecule has 1 saturated carbocycles. The fourth-order valence-corrected chi connectivity index (χ4v) is 4.07. The van der Waals surface area contributed by atoms with Gasteiger partial charge < -0.3 is 10.1 Å². The van der Waals surface area contributed by atoms with Crippen molar-refractivity contribution in [3.63, 3.8) is 0 Å². The van der Waals surface area contributed by atoms with E-state index in [1.165, 1.54) is 0 Å². The first kappa shape index (κ1) is 16.3. The molecule has 1 aliphatic carbocycles. The maximum absolute atomic E-state index is 12.7. The highest BCUT2D eigenvalue weighted by molar-refractivity contribution is 5.94. The Labute approximate surface area is 146 Å². The van der Waals surface area contributed by atoms with Crippen LogP contribution in [0.2, 0.25) is 0 Å². The molecule has 1 aliphatic heterocycles. The molecule has 25 heavy (non-hydrogen) atoms. The SMILES string of the molecule is C[C@@H]1Cc2c(C(=O)NC3CC(Cn4ccnn4)C3)nn(C)c2[C@H](C)O1. The van der Waals surface area contributed by atoms with E-state index >= 15 is 0 Å². The van der Waals surface area contributed by atoms with E-state index in [2.05, 4.69) is 20.7 Å². The average molecular weight is 344 g/mol. The number of carbonyl (C=O) groups is 1. The molecule has 0 radical (unpaired) electrons. The molecule has 4 rings (SSSR count). The minimum absolute atomic E-state index is 0.0337. The Morgan fingerprint density at radius 2 is 2.20 bits per heavy atom. The Kier molecular flexibility index (Phi) is 4.07. The van der Waals surface area contributed by atoms with Crippen molar-refractivity contribution in [2.45, 2.75) is 57.9 Å². The summed E-state index contributed by atoms with van der Waals surface area (Å²) in [6, 6.07) is 0.216. The van der Waals surface area contributed by atoms with Crippen LogP contribution >= 0.6 is 0 Å². The molecule has 1 amide bonds. The van der Waals surface area contributed by atoms with Gasteiger partial charge >= 0.3 is 0 Å². The summed E-state index contributed by atoms with van der Waals surface area (Å²) in [6.07, 6.45) is 6.30. The number of nitrogens with zero attached hydrogens (tertiary/aromatic N) is 5. The van der Waals surface area contributed by atoms with Gasteiger partial charge in [0.25, 0.3) is 5.91 Å². The maximum atomic E-state index is 12.7. The molecule has 2 aromatic heterocycles. The summed E-state index contributed by atoms with van der Waals surface area (Å²) in [4.78, 5) is 12.7. The maximum Gasteiger partial charge on any atom is 0.272 e. The number of aromatic nitrogens is 5. The van der Waals surface area contributed by atoms with E-state index in [9.17, 15) is 4.79 Å². The van der Waals surface area contributed by atoms with Crippen molar-refractivity contribution in [3.05, 3.63) is 29.3 Å². The van der Waals surface area contributed by atoms with E-state index in [1.54, 1.807) is 10.9 Å². The molecule has 8 heteroatoms. The second-order valence-corrected chi connectivity index (χ2v) is 7.26. The van der Waals surface area contributed by atoms with Gasteiger partial charge in [-0.3, -0.25) is 14.2 Å². The molecule has 0 unspecified atom stereocenters. The number of hydrogen-bond acceptors (Lipinski definition) is 5. The minimum Gasteiger partial charge on any atom is -0.369 e. The highest BCUT2D eigenvalue weighted by atomic mass is 16.5. The molecule has 2 aromatic rings. The molecule has 8 nitrogen and oxygen atoms in total. The second-order valence-electron chi connectivity index (χ2n) is 7.26. The summed E-state index contributed by atoms with van der Waals surface area (Å²) >= 11 is 0. The Hall–Kier alpha value is -2.22. The number of aryl methyl sites for hydroxylation is 1. The number of hydrogen-bond donors (Lipinski definition) is 1. The molecule has 0 aromatic carbocycles. The summed E-state index contributed by atoms with van der Waals surface area (Å²) < 4.78 is 9.49. The van der Waals surface area contributed by atoms with Gasteiger partial charge in [0.1, 0.15) is 0 Å². The van der Waals surface area contributed by atoms with Crippen molar-refractivity contribution < 1.29 is 9.53 Å². The van der Waals surface area contributed by atoms with Gasteiger partial charge in [-0.05, 0) is 32.6 Å². The van der Waals surface area contributed by atoms with E-state index in [-0.39, 0.29) is 24.2 Å². The average Bonchev–Trinajstić information content (AvgIpc) is 3.12. The van der Waals surface area contributed by atoms with Crippen molar-refractivity contribution >= 4 is 5.91 Å². The first-order chi connectivity index (χ1) is 12.0. The lowest BCUT2D eigenvalue weighted by Crippen LogP contribution is -2.45. The van der Waals surface area contributed by atoms with Crippen molar-refractivity contribution in [1.29, 1.82) is 0 Å². The summed E-state index contributed by atoms with van der Waals surface area (Å²) in [7, 11) is 1.88. The Bertz CT molecular complexity index is 762. The van der Waals surface area contributed by atoms with Gasteiger partial charge in [0, 0.05) is 37.8 Å². The second kappa shape index (κ2) is 6.25. The number of rotatable bonds is 4. The molecular weight excluding hydrogens is 320 g/mol. The van der Waals surface area contributed by atoms with Crippen LogP contribution in [0.25, 0.3) is 0 Å². The monoisotopic (exact) mass is 344 g/mol. The van der Waals surface area contributed by atoms with E-state index in [1.807, 2.05) is 31.8 Å². The Morgan fingerprint density at radius 3 is 2.92 bits per heavy atom. The molecule has 3 heterocycles. The van der Waals surface area contributed by atoms with Gasteiger partial charge in [-0.25, -0.2) is 0 Å². The third kappa shape index (κ3) is 3.06. The first-order valence-electron chi connectivity index (χ1n) is 8.87. The summed E-state index contributed by atoms with van der Waals surface area (Å²) in [5.41, 5.74) is 2.60. The summed E-state index contributed by atoms with van der Waals surface area (Å²) in [5, 5.41) is 15.4. The van der Waals surface area contributed by atoms with Crippen molar-refractivity contribution in [1.82, 2.24) is 30.1 Å². The molecule has 2 aliphatic rings. The van der Waals surface area contributed by atoms with Crippen LogP contribution in [0.5, 0.6) is 0 Å². The molecule has 1 fully saturated rings. The topological polar surface area (TPSA) is 86.9 Å². The van der Waals surface area contributed by atoms with Crippen LogP contribution in [0.1, 0.15) is 54.5 Å². The molecule has 0 saturated heterocycles. The van der Waals surface area contributed by atoms with Crippen molar-refractivity contribution in [2.75, 3.05) is 0 Å². The van der Waals surface area contributed by atoms with Crippen LogP contribution < -0.4 is 5.32 Å². The van der Waals surface area contributed by atoms with Gasteiger partial charge in [-0.1, -0.05) is 5.21 Å². The van der Waals surface area contributed by atoms with Gasteiger partial charge in [0.15, 0.2) is 5.69 Å². The standard InChI is InChI=1S/C17H24N6O2/c1-10-6-14-15(20-22(3)16(14)11(2)25-10)17(24)19-13-7-12(8-13)9-23-5-4-18-21-23/h4-5,10-13H,6-9H2,1-3H3,(H,19,24)/t10-,11+,12?,13?/m1/s1. The normalized spacial score (nSPS) is 28.3. The summed E-state index contributed by atoms with van der Waals surface area (Å²) in [5.74, 6) is 0.473. The molecule has 2 atom stereocenters. The molecule has 134 valence electrons.